The van der Waals surface area contributed by atoms with Crippen molar-refractivity contribution in [2.24, 2.45) is 0 Å². The smallest absolute Gasteiger partial charge is 0.209 e. The van der Waals surface area contributed by atoms with Gasteiger partial charge in [0.1, 0.15) is 17.3 Å². The van der Waals surface area contributed by atoms with Gasteiger partial charge in [-0.2, -0.15) is 0 Å². The van der Waals surface area contributed by atoms with Crippen LogP contribution in [0.4, 0.5) is 5.82 Å². The Morgan fingerprint density at radius 2 is 2.00 bits per heavy atom. The molecule has 0 unspecified atom stereocenters. The maximum Gasteiger partial charge on any atom is 0.209 e. The van der Waals surface area contributed by atoms with Crippen LogP contribution in [0.15, 0.2) is 6.33 Å². The summed E-state index contributed by atoms with van der Waals surface area (Å²) in [5.41, 5.74) is 0.223. The molecule has 2 N–H and O–H groups in total. The van der Waals surface area contributed by atoms with E-state index in [1.807, 2.05) is 6.92 Å². The van der Waals surface area contributed by atoms with Crippen LogP contribution in [-0.4, -0.2) is 36.7 Å². The van der Waals surface area contributed by atoms with E-state index < -0.39 is 15.6 Å². The Bertz CT molecular complexity index is 561. The van der Waals surface area contributed by atoms with E-state index in [1.54, 1.807) is 13.8 Å². The van der Waals surface area contributed by atoms with Gasteiger partial charge in [-0.05, 0) is 20.3 Å². The number of hydrogen-bond donors (Lipinski definition) is 2. The van der Waals surface area contributed by atoms with Crippen LogP contribution in [0.5, 0.6) is 0 Å². The number of nitrogens with zero attached hydrogens (tertiary/aromatic N) is 2. The molecule has 8 heteroatoms. The molecule has 1 rings (SSSR count). The van der Waals surface area contributed by atoms with Crippen molar-refractivity contribution in [1.29, 1.82) is 0 Å². The van der Waals surface area contributed by atoms with Gasteiger partial charge in [0.2, 0.25) is 10.0 Å². The monoisotopic (exact) mass is 320 g/mol. The van der Waals surface area contributed by atoms with Crippen LogP contribution in [0.25, 0.3) is 0 Å². The molecule has 114 valence electrons. The summed E-state index contributed by atoms with van der Waals surface area (Å²) in [6.45, 7) is 6.03. The van der Waals surface area contributed by atoms with Gasteiger partial charge in [0, 0.05) is 17.6 Å². The molecule has 0 atom stereocenters. The van der Waals surface area contributed by atoms with Crippen LogP contribution in [-0.2, 0) is 16.4 Å². The topological polar surface area (TPSA) is 84.0 Å². The average molecular weight is 321 g/mol. The van der Waals surface area contributed by atoms with Gasteiger partial charge < -0.3 is 5.32 Å². The molecule has 0 aliphatic rings. The Labute approximate surface area is 125 Å². The molecule has 20 heavy (non-hydrogen) atoms. The highest BCUT2D eigenvalue weighted by molar-refractivity contribution is 7.88. The van der Waals surface area contributed by atoms with Gasteiger partial charge in [-0.1, -0.05) is 24.9 Å². The Hall–Kier alpha value is -0.920. The van der Waals surface area contributed by atoms with Crippen molar-refractivity contribution >= 4 is 27.4 Å². The molecule has 1 aromatic heterocycles. The van der Waals surface area contributed by atoms with Crippen LogP contribution in [0.2, 0.25) is 5.15 Å². The summed E-state index contributed by atoms with van der Waals surface area (Å²) in [6, 6.07) is 0. The summed E-state index contributed by atoms with van der Waals surface area (Å²) in [7, 11) is -3.26. The first-order valence-corrected chi connectivity index (χ1v) is 8.64. The Balaban J connectivity index is 2.82. The molecule has 1 aromatic rings. The molecule has 0 radical (unpaired) electrons. The van der Waals surface area contributed by atoms with Crippen molar-refractivity contribution in [3.8, 4) is 0 Å². The van der Waals surface area contributed by atoms with Gasteiger partial charge in [0.05, 0.1) is 6.26 Å². The summed E-state index contributed by atoms with van der Waals surface area (Å²) < 4.78 is 25.2. The number of hydrogen-bond acceptors (Lipinski definition) is 5. The van der Waals surface area contributed by atoms with Crippen molar-refractivity contribution < 1.29 is 8.42 Å². The van der Waals surface area contributed by atoms with Crippen molar-refractivity contribution in [1.82, 2.24) is 14.7 Å². The van der Waals surface area contributed by atoms with E-state index in [2.05, 4.69) is 20.0 Å². The van der Waals surface area contributed by atoms with E-state index in [9.17, 15) is 8.42 Å². The second kappa shape index (κ2) is 6.69. The van der Waals surface area contributed by atoms with Gasteiger partial charge >= 0.3 is 0 Å². The van der Waals surface area contributed by atoms with Crippen LogP contribution >= 0.6 is 11.6 Å². The molecule has 0 aliphatic heterocycles. The number of rotatable bonds is 7. The highest BCUT2D eigenvalue weighted by Crippen LogP contribution is 2.22. The van der Waals surface area contributed by atoms with Crippen LogP contribution in [0, 0.1) is 0 Å². The van der Waals surface area contributed by atoms with E-state index >= 15 is 0 Å². The normalized spacial score (nSPS) is 12.4. The standard InChI is InChI=1S/C12H21ClN4O2S/c1-5-6-9-10(13)15-8-16-11(9)14-7-12(2,3)17-20(4,18)19/h8,17H,5-7H2,1-4H3,(H,14,15,16). The molecule has 0 fully saturated rings. The third-order valence-corrected chi connectivity index (χ3v) is 3.80. The van der Waals surface area contributed by atoms with E-state index in [-0.39, 0.29) is 0 Å². The number of anilines is 1. The third-order valence-electron chi connectivity index (χ3n) is 2.55. The van der Waals surface area contributed by atoms with Crippen LogP contribution in [0.3, 0.4) is 0 Å². The summed E-state index contributed by atoms with van der Waals surface area (Å²) in [4.78, 5) is 8.14. The Morgan fingerprint density at radius 1 is 1.35 bits per heavy atom. The zero-order chi connectivity index (χ0) is 15.4. The highest BCUT2D eigenvalue weighted by atomic mass is 35.5. The maximum absolute atomic E-state index is 11.3. The predicted octanol–water partition coefficient (Wildman–Crippen LogP) is 1.82. The van der Waals surface area contributed by atoms with E-state index in [0.29, 0.717) is 17.5 Å². The minimum atomic E-state index is -3.26. The predicted molar refractivity (Wildman–Crippen MR) is 81.6 cm³/mol. The van der Waals surface area contributed by atoms with Crippen LogP contribution < -0.4 is 10.0 Å². The first kappa shape index (κ1) is 17.1. The minimum absolute atomic E-state index is 0.393. The van der Waals surface area contributed by atoms with Gasteiger partial charge in [-0.25, -0.2) is 23.1 Å². The third kappa shape index (κ3) is 5.60. The summed E-state index contributed by atoms with van der Waals surface area (Å²) in [5, 5.41) is 3.57. The molecule has 0 amide bonds. The number of sulfonamides is 1. The number of nitrogens with one attached hydrogen (secondary N) is 2. The lowest BCUT2D eigenvalue weighted by molar-refractivity contribution is 0.475. The van der Waals surface area contributed by atoms with E-state index in [0.717, 1.165) is 24.7 Å². The molecule has 1 heterocycles. The quantitative estimate of drug-likeness (QED) is 0.749. The Kier molecular flexibility index (Phi) is 5.73. The summed E-state index contributed by atoms with van der Waals surface area (Å²) in [6.07, 6.45) is 4.22. The van der Waals surface area contributed by atoms with Crippen LogP contribution in [0.1, 0.15) is 32.8 Å². The molecule has 0 saturated heterocycles. The Morgan fingerprint density at radius 3 is 2.55 bits per heavy atom. The van der Waals surface area contributed by atoms with Crippen molar-refractivity contribution in [2.75, 3.05) is 18.1 Å². The molecule has 0 aromatic carbocycles. The van der Waals surface area contributed by atoms with Gasteiger partial charge in [-0.3, -0.25) is 0 Å². The fourth-order valence-corrected chi connectivity index (χ4v) is 3.16. The van der Waals surface area contributed by atoms with Crippen molar-refractivity contribution in [2.45, 2.75) is 39.2 Å². The molecule has 0 aliphatic carbocycles. The first-order valence-electron chi connectivity index (χ1n) is 6.37. The molecule has 0 bridgehead atoms. The molecule has 6 nitrogen and oxygen atoms in total. The second-order valence-electron chi connectivity index (χ2n) is 5.35. The summed E-state index contributed by atoms with van der Waals surface area (Å²) in [5.74, 6) is 0.648. The fourth-order valence-electron chi connectivity index (χ4n) is 1.86. The molecular weight excluding hydrogens is 300 g/mol. The average Bonchev–Trinajstić information content (AvgIpc) is 2.27. The number of halogens is 1. The van der Waals surface area contributed by atoms with E-state index in [4.69, 9.17) is 11.6 Å². The fraction of sp³-hybridized carbons (Fsp3) is 0.667. The molecular formula is C12H21ClN4O2S. The van der Waals surface area contributed by atoms with Crippen molar-refractivity contribution in [3.05, 3.63) is 17.0 Å². The molecule has 0 spiro atoms. The second-order valence-corrected chi connectivity index (χ2v) is 7.46. The minimum Gasteiger partial charge on any atom is -0.368 e. The van der Waals surface area contributed by atoms with E-state index in [1.165, 1.54) is 6.33 Å². The lowest BCUT2D eigenvalue weighted by Gasteiger charge is -2.26. The summed E-state index contributed by atoms with van der Waals surface area (Å²) >= 11 is 6.06. The van der Waals surface area contributed by atoms with Crippen molar-refractivity contribution in [3.63, 3.8) is 0 Å². The lowest BCUT2D eigenvalue weighted by atomic mass is 10.1. The highest BCUT2D eigenvalue weighted by Gasteiger charge is 2.22. The molecule has 0 saturated carbocycles. The zero-order valence-electron chi connectivity index (χ0n) is 12.2. The number of aromatic nitrogens is 2. The van der Waals surface area contributed by atoms with Gasteiger partial charge in [-0.15, -0.1) is 0 Å². The SMILES string of the molecule is CCCc1c(Cl)ncnc1NCC(C)(C)NS(C)(=O)=O. The van der Waals surface area contributed by atoms with Gasteiger partial charge in [0.25, 0.3) is 0 Å². The maximum atomic E-state index is 11.3. The zero-order valence-corrected chi connectivity index (χ0v) is 13.8. The van der Waals surface area contributed by atoms with Gasteiger partial charge in [0.15, 0.2) is 0 Å². The first-order chi connectivity index (χ1) is 9.14. The largest absolute Gasteiger partial charge is 0.368 e. The lowest BCUT2D eigenvalue weighted by Crippen LogP contribution is -2.47.